The smallest absolute Gasteiger partial charge is 0.224 e. The van der Waals surface area contributed by atoms with E-state index >= 15 is 0 Å². The van der Waals surface area contributed by atoms with Crippen LogP contribution in [0.15, 0.2) is 36.7 Å². The van der Waals surface area contributed by atoms with Gasteiger partial charge in [0, 0.05) is 37.6 Å². The first-order chi connectivity index (χ1) is 13.5. The predicted octanol–water partition coefficient (Wildman–Crippen LogP) is 4.34. The lowest BCUT2D eigenvalue weighted by molar-refractivity contribution is -0.116. The third kappa shape index (κ3) is 5.55. The summed E-state index contributed by atoms with van der Waals surface area (Å²) in [5, 5.41) is 3.04. The van der Waals surface area contributed by atoms with Gasteiger partial charge in [0.2, 0.25) is 5.91 Å². The summed E-state index contributed by atoms with van der Waals surface area (Å²) in [5.41, 5.74) is 4.48. The van der Waals surface area contributed by atoms with Crippen LogP contribution >= 0.6 is 0 Å². The van der Waals surface area contributed by atoms with Crippen molar-refractivity contribution in [3.8, 4) is 5.75 Å². The summed E-state index contributed by atoms with van der Waals surface area (Å²) in [5.74, 6) is 1.48. The molecule has 0 unspecified atom stereocenters. The first-order valence-corrected chi connectivity index (χ1v) is 10.1. The molecule has 1 aliphatic heterocycles. The molecule has 1 aliphatic rings. The fourth-order valence-electron chi connectivity index (χ4n) is 3.90. The Balaban J connectivity index is 1.47. The van der Waals surface area contributed by atoms with Gasteiger partial charge in [-0.15, -0.1) is 0 Å². The number of likely N-dealkylation sites (tertiary alicyclic amines) is 1. The number of methoxy groups -OCH3 is 1. The van der Waals surface area contributed by atoms with Crippen LogP contribution < -0.4 is 10.1 Å². The molecule has 28 heavy (non-hydrogen) atoms. The Morgan fingerprint density at radius 2 is 2.14 bits per heavy atom. The molecule has 1 amide bonds. The number of carbonyl (C=O) groups excluding carboxylic acids is 1. The molecule has 2 heterocycles. The summed E-state index contributed by atoms with van der Waals surface area (Å²) >= 11 is 0. The molecular formula is C23H31N3O2. The minimum Gasteiger partial charge on any atom is -0.497 e. The molecule has 0 bridgehead atoms. The lowest BCUT2D eigenvalue weighted by Crippen LogP contribution is -2.35. The van der Waals surface area contributed by atoms with E-state index in [0.29, 0.717) is 12.3 Å². The van der Waals surface area contributed by atoms with Gasteiger partial charge >= 0.3 is 0 Å². The van der Waals surface area contributed by atoms with E-state index in [9.17, 15) is 4.79 Å². The molecule has 0 aliphatic carbocycles. The number of amides is 1. The van der Waals surface area contributed by atoms with E-state index < -0.39 is 0 Å². The van der Waals surface area contributed by atoms with Crippen molar-refractivity contribution in [3.05, 3.63) is 53.3 Å². The highest BCUT2D eigenvalue weighted by atomic mass is 16.5. The summed E-state index contributed by atoms with van der Waals surface area (Å²) < 4.78 is 5.22. The van der Waals surface area contributed by atoms with Crippen molar-refractivity contribution in [2.45, 2.75) is 46.1 Å². The van der Waals surface area contributed by atoms with Crippen LogP contribution in [0.1, 0.15) is 42.4 Å². The number of hydrogen-bond donors (Lipinski definition) is 1. The van der Waals surface area contributed by atoms with Crippen molar-refractivity contribution in [1.82, 2.24) is 9.88 Å². The van der Waals surface area contributed by atoms with Gasteiger partial charge in [0.1, 0.15) is 5.75 Å². The quantitative estimate of drug-likeness (QED) is 0.775. The zero-order valence-electron chi connectivity index (χ0n) is 17.2. The van der Waals surface area contributed by atoms with Crippen LogP contribution in [0.5, 0.6) is 5.75 Å². The van der Waals surface area contributed by atoms with Gasteiger partial charge in [0.05, 0.1) is 7.11 Å². The van der Waals surface area contributed by atoms with Crippen LogP contribution in [0.4, 0.5) is 5.69 Å². The molecule has 1 atom stereocenters. The van der Waals surface area contributed by atoms with E-state index in [2.05, 4.69) is 28.2 Å². The van der Waals surface area contributed by atoms with Gasteiger partial charge in [-0.05, 0) is 86.5 Å². The lowest BCUT2D eigenvalue weighted by atomic mass is 9.92. The molecule has 1 aromatic carbocycles. The van der Waals surface area contributed by atoms with Crippen LogP contribution in [0.2, 0.25) is 0 Å². The van der Waals surface area contributed by atoms with Gasteiger partial charge in [0.15, 0.2) is 0 Å². The average molecular weight is 382 g/mol. The van der Waals surface area contributed by atoms with E-state index in [1.807, 2.05) is 37.5 Å². The number of piperidine rings is 1. The van der Waals surface area contributed by atoms with Crippen LogP contribution in [0, 0.1) is 19.8 Å². The maximum Gasteiger partial charge on any atom is 0.224 e. The summed E-state index contributed by atoms with van der Waals surface area (Å²) in [4.78, 5) is 19.1. The Labute approximate surface area is 168 Å². The molecule has 1 aromatic heterocycles. The van der Waals surface area contributed by atoms with Crippen LogP contribution in [0.25, 0.3) is 0 Å². The first kappa shape index (κ1) is 20.3. The highest BCUT2D eigenvalue weighted by molar-refractivity contribution is 5.91. The largest absolute Gasteiger partial charge is 0.497 e. The van der Waals surface area contributed by atoms with Gasteiger partial charge in [-0.2, -0.15) is 0 Å². The molecule has 0 saturated carbocycles. The molecule has 1 N–H and O–H groups in total. The molecule has 0 radical (unpaired) electrons. The second-order valence-electron chi connectivity index (χ2n) is 7.81. The number of nitrogens with zero attached hydrogens (tertiary/aromatic N) is 2. The van der Waals surface area contributed by atoms with Crippen LogP contribution in [-0.2, 0) is 11.3 Å². The molecule has 150 valence electrons. The summed E-state index contributed by atoms with van der Waals surface area (Å²) in [6.07, 6.45) is 7.72. The molecule has 1 fully saturated rings. The predicted molar refractivity (Wildman–Crippen MR) is 113 cm³/mol. The average Bonchev–Trinajstić information content (AvgIpc) is 2.70. The third-order valence-electron chi connectivity index (χ3n) is 5.62. The maximum absolute atomic E-state index is 12.4. The lowest BCUT2D eigenvalue weighted by Gasteiger charge is -2.33. The molecule has 3 rings (SSSR count). The summed E-state index contributed by atoms with van der Waals surface area (Å²) in [6.45, 7) is 7.28. The number of anilines is 1. The Kier molecular flexibility index (Phi) is 7.04. The number of benzene rings is 1. The monoisotopic (exact) mass is 381 g/mol. The zero-order valence-corrected chi connectivity index (χ0v) is 17.2. The number of aromatic nitrogens is 1. The topological polar surface area (TPSA) is 54.5 Å². The van der Waals surface area contributed by atoms with Crippen molar-refractivity contribution >= 4 is 11.6 Å². The van der Waals surface area contributed by atoms with Crippen LogP contribution in [-0.4, -0.2) is 36.0 Å². The number of hydrogen-bond acceptors (Lipinski definition) is 4. The molecule has 2 aromatic rings. The van der Waals surface area contributed by atoms with E-state index in [-0.39, 0.29) is 5.91 Å². The Hall–Kier alpha value is -2.40. The second-order valence-corrected chi connectivity index (χ2v) is 7.81. The van der Waals surface area contributed by atoms with E-state index in [1.165, 1.54) is 24.0 Å². The number of rotatable bonds is 7. The summed E-state index contributed by atoms with van der Waals surface area (Å²) in [7, 11) is 1.65. The van der Waals surface area contributed by atoms with Gasteiger partial charge < -0.3 is 10.1 Å². The number of carbonyl (C=O) groups is 1. The maximum atomic E-state index is 12.4. The van der Waals surface area contributed by atoms with Gasteiger partial charge in [0.25, 0.3) is 0 Å². The fourth-order valence-corrected chi connectivity index (χ4v) is 3.90. The second kappa shape index (κ2) is 9.69. The van der Waals surface area contributed by atoms with E-state index in [1.54, 1.807) is 7.11 Å². The molecule has 5 nitrogen and oxygen atoms in total. The van der Waals surface area contributed by atoms with Crippen molar-refractivity contribution < 1.29 is 9.53 Å². The molecule has 0 spiro atoms. The van der Waals surface area contributed by atoms with E-state index in [0.717, 1.165) is 43.1 Å². The minimum absolute atomic E-state index is 0.0929. The fraction of sp³-hybridized carbons (Fsp3) is 0.478. The highest BCUT2D eigenvalue weighted by Crippen LogP contribution is 2.24. The molecule has 5 heteroatoms. The SMILES string of the molecule is COc1ccc(NC(=O)CC[C@H]2CCCN(Cc3ccncc3C)C2)c(C)c1. The highest BCUT2D eigenvalue weighted by Gasteiger charge is 2.21. The minimum atomic E-state index is 0.0929. The van der Waals surface area contributed by atoms with Gasteiger partial charge in [-0.25, -0.2) is 0 Å². The molecule has 1 saturated heterocycles. The van der Waals surface area contributed by atoms with Crippen molar-refractivity contribution in [2.24, 2.45) is 5.92 Å². The Morgan fingerprint density at radius 3 is 2.89 bits per heavy atom. The number of pyridine rings is 1. The standard InChI is InChI=1S/C23H31N3O2/c1-17-13-21(28-3)7-8-22(17)25-23(27)9-6-19-5-4-12-26(15-19)16-20-10-11-24-14-18(20)2/h7-8,10-11,13-14,19H,4-6,9,12,15-16H2,1-3H3,(H,25,27)/t19-/m1/s1. The molecular weight excluding hydrogens is 350 g/mol. The summed E-state index contributed by atoms with van der Waals surface area (Å²) in [6, 6.07) is 7.84. The van der Waals surface area contributed by atoms with Gasteiger partial charge in [-0.1, -0.05) is 0 Å². The number of ether oxygens (including phenoxy) is 1. The Bertz CT molecular complexity index is 806. The number of aryl methyl sites for hydroxylation is 2. The van der Waals surface area contributed by atoms with Crippen molar-refractivity contribution in [1.29, 1.82) is 0 Å². The Morgan fingerprint density at radius 1 is 1.29 bits per heavy atom. The normalized spacial score (nSPS) is 17.3. The van der Waals surface area contributed by atoms with Gasteiger partial charge in [-0.3, -0.25) is 14.7 Å². The van der Waals surface area contributed by atoms with Crippen molar-refractivity contribution in [2.75, 3.05) is 25.5 Å². The van der Waals surface area contributed by atoms with E-state index in [4.69, 9.17) is 4.74 Å². The number of nitrogens with one attached hydrogen (secondary N) is 1. The van der Waals surface area contributed by atoms with Crippen LogP contribution in [0.3, 0.4) is 0 Å². The van der Waals surface area contributed by atoms with Crippen molar-refractivity contribution in [3.63, 3.8) is 0 Å². The first-order valence-electron chi connectivity index (χ1n) is 10.1. The third-order valence-corrected chi connectivity index (χ3v) is 5.62. The zero-order chi connectivity index (χ0) is 19.9.